The topological polar surface area (TPSA) is 38.0 Å². The molecule has 4 heteroatoms. The first-order chi connectivity index (χ1) is 6.24. The van der Waals surface area contributed by atoms with Gasteiger partial charge in [0.15, 0.2) is 0 Å². The van der Waals surface area contributed by atoms with Crippen LogP contribution < -0.4 is 11.1 Å². The van der Waals surface area contributed by atoms with Crippen molar-refractivity contribution in [2.45, 2.75) is 6.54 Å². The molecule has 1 rings (SSSR count). The van der Waals surface area contributed by atoms with Crippen molar-refractivity contribution in [3.05, 3.63) is 35.4 Å². The number of rotatable bonds is 4. The third-order valence-corrected chi connectivity index (χ3v) is 1.65. The van der Waals surface area contributed by atoms with Crippen molar-refractivity contribution in [3.8, 4) is 0 Å². The molecule has 2 nitrogen and oxygen atoms in total. The summed E-state index contributed by atoms with van der Waals surface area (Å²) >= 11 is 0. The molecule has 0 aliphatic rings. The van der Waals surface area contributed by atoms with Crippen LogP contribution in [-0.2, 0) is 6.54 Å². The normalized spacial score (nSPS) is 10.4. The summed E-state index contributed by atoms with van der Waals surface area (Å²) in [6.07, 6.45) is 0. The van der Waals surface area contributed by atoms with Gasteiger partial charge in [-0.05, 0) is 6.07 Å². The van der Waals surface area contributed by atoms with E-state index in [9.17, 15) is 8.78 Å². The number of nitrogens with two attached hydrogens (primary N) is 1. The van der Waals surface area contributed by atoms with E-state index in [4.69, 9.17) is 5.73 Å². The van der Waals surface area contributed by atoms with Gasteiger partial charge in [-0.25, -0.2) is 8.78 Å². The SMILES string of the molecule is NCCNCc1ccc(F)cc1F. The Bertz CT molecular complexity index is 276. The molecule has 0 heterocycles. The minimum atomic E-state index is -0.555. The first-order valence-corrected chi connectivity index (χ1v) is 4.08. The molecule has 1 aromatic rings. The standard InChI is InChI=1S/C9H12F2N2/c10-8-2-1-7(9(11)5-8)6-13-4-3-12/h1-2,5,13H,3-4,6,12H2. The van der Waals surface area contributed by atoms with Gasteiger partial charge in [-0.15, -0.1) is 0 Å². The number of benzene rings is 1. The van der Waals surface area contributed by atoms with Crippen LogP contribution in [0.5, 0.6) is 0 Å². The molecule has 0 aliphatic heterocycles. The van der Waals surface area contributed by atoms with E-state index < -0.39 is 11.6 Å². The van der Waals surface area contributed by atoms with Crippen LogP contribution in [0.2, 0.25) is 0 Å². The van der Waals surface area contributed by atoms with E-state index in [0.29, 0.717) is 25.2 Å². The lowest BCUT2D eigenvalue weighted by Gasteiger charge is -2.04. The van der Waals surface area contributed by atoms with E-state index in [0.717, 1.165) is 6.07 Å². The molecule has 0 fully saturated rings. The molecular weight excluding hydrogens is 174 g/mol. The van der Waals surface area contributed by atoms with Crippen LogP contribution in [0.25, 0.3) is 0 Å². The number of hydrogen-bond donors (Lipinski definition) is 2. The molecule has 0 saturated carbocycles. The molecule has 0 aliphatic carbocycles. The van der Waals surface area contributed by atoms with Crippen molar-refractivity contribution in [1.29, 1.82) is 0 Å². The van der Waals surface area contributed by atoms with Gasteiger partial charge in [0.1, 0.15) is 11.6 Å². The fourth-order valence-corrected chi connectivity index (χ4v) is 0.990. The summed E-state index contributed by atoms with van der Waals surface area (Å²) in [4.78, 5) is 0. The molecule has 0 unspecified atom stereocenters. The molecule has 0 amide bonds. The second-order valence-corrected chi connectivity index (χ2v) is 2.70. The van der Waals surface area contributed by atoms with Crippen molar-refractivity contribution in [2.75, 3.05) is 13.1 Å². The van der Waals surface area contributed by atoms with Gasteiger partial charge >= 0.3 is 0 Å². The first-order valence-electron chi connectivity index (χ1n) is 4.08. The fraction of sp³-hybridized carbons (Fsp3) is 0.333. The van der Waals surface area contributed by atoms with Crippen molar-refractivity contribution in [3.63, 3.8) is 0 Å². The van der Waals surface area contributed by atoms with Crippen LogP contribution in [0.1, 0.15) is 5.56 Å². The van der Waals surface area contributed by atoms with Crippen LogP contribution in [0.4, 0.5) is 8.78 Å². The molecular formula is C9H12F2N2. The van der Waals surface area contributed by atoms with Gasteiger partial charge in [-0.2, -0.15) is 0 Å². The summed E-state index contributed by atoms with van der Waals surface area (Å²) in [6, 6.07) is 3.54. The van der Waals surface area contributed by atoms with Gasteiger partial charge in [0.2, 0.25) is 0 Å². The maximum atomic E-state index is 13.0. The zero-order chi connectivity index (χ0) is 9.68. The van der Waals surface area contributed by atoms with E-state index in [2.05, 4.69) is 5.32 Å². The monoisotopic (exact) mass is 186 g/mol. The Morgan fingerprint density at radius 1 is 1.31 bits per heavy atom. The van der Waals surface area contributed by atoms with Crippen LogP contribution >= 0.6 is 0 Å². The molecule has 0 radical (unpaired) electrons. The van der Waals surface area contributed by atoms with Gasteiger partial charge in [0.05, 0.1) is 0 Å². The second kappa shape index (κ2) is 4.89. The molecule has 1 aromatic carbocycles. The number of hydrogen-bond acceptors (Lipinski definition) is 2. The second-order valence-electron chi connectivity index (χ2n) is 2.70. The van der Waals surface area contributed by atoms with Gasteiger partial charge in [0, 0.05) is 31.3 Å². The van der Waals surface area contributed by atoms with Gasteiger partial charge in [0.25, 0.3) is 0 Å². The maximum absolute atomic E-state index is 13.0. The molecule has 0 saturated heterocycles. The Labute approximate surface area is 75.7 Å². The lowest BCUT2D eigenvalue weighted by Crippen LogP contribution is -2.22. The summed E-state index contributed by atoms with van der Waals surface area (Å²) in [6.45, 7) is 1.50. The molecule has 0 spiro atoms. The highest BCUT2D eigenvalue weighted by molar-refractivity contribution is 5.18. The van der Waals surface area contributed by atoms with E-state index in [1.54, 1.807) is 0 Å². The maximum Gasteiger partial charge on any atom is 0.130 e. The van der Waals surface area contributed by atoms with Crippen LogP contribution in [-0.4, -0.2) is 13.1 Å². The lowest BCUT2D eigenvalue weighted by molar-refractivity contribution is 0.561. The predicted octanol–water partition coefficient (Wildman–Crippen LogP) is 1.01. The summed E-state index contributed by atoms with van der Waals surface area (Å²) < 4.78 is 25.4. The Kier molecular flexibility index (Phi) is 3.79. The zero-order valence-electron chi connectivity index (χ0n) is 7.19. The quantitative estimate of drug-likeness (QED) is 0.689. The fourth-order valence-electron chi connectivity index (χ4n) is 0.990. The molecule has 3 N–H and O–H groups in total. The Morgan fingerprint density at radius 2 is 2.08 bits per heavy atom. The Hall–Kier alpha value is -1.00. The number of halogens is 2. The molecule has 72 valence electrons. The lowest BCUT2D eigenvalue weighted by atomic mass is 10.2. The Balaban J connectivity index is 2.56. The van der Waals surface area contributed by atoms with Gasteiger partial charge in [-0.1, -0.05) is 6.07 Å². The summed E-state index contributed by atoms with van der Waals surface area (Å²) in [5.41, 5.74) is 5.69. The summed E-state index contributed by atoms with van der Waals surface area (Å²) in [7, 11) is 0. The average molecular weight is 186 g/mol. The van der Waals surface area contributed by atoms with E-state index in [1.807, 2.05) is 0 Å². The van der Waals surface area contributed by atoms with Crippen molar-refractivity contribution < 1.29 is 8.78 Å². The molecule has 0 atom stereocenters. The van der Waals surface area contributed by atoms with Crippen LogP contribution in [0, 0.1) is 11.6 Å². The van der Waals surface area contributed by atoms with Crippen molar-refractivity contribution in [1.82, 2.24) is 5.32 Å². The summed E-state index contributed by atoms with van der Waals surface area (Å²) in [5, 5.41) is 2.92. The predicted molar refractivity (Wildman–Crippen MR) is 47.1 cm³/mol. The van der Waals surface area contributed by atoms with E-state index >= 15 is 0 Å². The van der Waals surface area contributed by atoms with Crippen molar-refractivity contribution >= 4 is 0 Å². The smallest absolute Gasteiger partial charge is 0.130 e. The van der Waals surface area contributed by atoms with Crippen LogP contribution in [0.3, 0.4) is 0 Å². The highest BCUT2D eigenvalue weighted by atomic mass is 19.1. The Morgan fingerprint density at radius 3 is 2.69 bits per heavy atom. The van der Waals surface area contributed by atoms with Gasteiger partial charge in [-0.3, -0.25) is 0 Å². The minimum absolute atomic E-state index is 0.378. The van der Waals surface area contributed by atoms with Gasteiger partial charge < -0.3 is 11.1 Å². The van der Waals surface area contributed by atoms with Crippen LogP contribution in [0.15, 0.2) is 18.2 Å². The zero-order valence-corrected chi connectivity index (χ0v) is 7.19. The average Bonchev–Trinajstić information content (AvgIpc) is 2.09. The highest BCUT2D eigenvalue weighted by Crippen LogP contribution is 2.08. The van der Waals surface area contributed by atoms with E-state index in [1.165, 1.54) is 12.1 Å². The molecule has 13 heavy (non-hydrogen) atoms. The van der Waals surface area contributed by atoms with Crippen molar-refractivity contribution in [2.24, 2.45) is 5.73 Å². The highest BCUT2D eigenvalue weighted by Gasteiger charge is 2.01. The third-order valence-electron chi connectivity index (χ3n) is 1.65. The summed E-state index contributed by atoms with van der Waals surface area (Å²) in [5.74, 6) is -1.08. The van der Waals surface area contributed by atoms with E-state index in [-0.39, 0.29) is 0 Å². The largest absolute Gasteiger partial charge is 0.329 e. The minimum Gasteiger partial charge on any atom is -0.329 e. The first kappa shape index (κ1) is 10.1. The molecule has 0 bridgehead atoms. The third kappa shape index (κ3) is 3.08. The number of nitrogens with one attached hydrogen (secondary N) is 1. The molecule has 0 aromatic heterocycles.